The van der Waals surface area contributed by atoms with Gasteiger partial charge in [-0.25, -0.2) is 13.1 Å². The monoisotopic (exact) mass is 375 g/mol. The molecule has 2 rings (SSSR count). The van der Waals surface area contributed by atoms with Crippen LogP contribution in [-0.4, -0.2) is 25.4 Å². The molecule has 0 bridgehead atoms. The summed E-state index contributed by atoms with van der Waals surface area (Å²) in [5, 5.41) is 0.824. The number of benzene rings is 1. The molecule has 1 amide bonds. The Hall–Kier alpha value is -1.54. The van der Waals surface area contributed by atoms with Crippen LogP contribution in [0.5, 0.6) is 0 Å². The predicted molar refractivity (Wildman–Crippen MR) is 89.3 cm³/mol. The fourth-order valence-electron chi connectivity index (χ4n) is 2.07. The number of rotatable bonds is 6. The quantitative estimate of drug-likeness (QED) is 0.807. The molecule has 9 heteroatoms. The minimum absolute atomic E-state index is 0.0222. The Morgan fingerprint density at radius 3 is 2.65 bits per heavy atom. The molecule has 0 saturated carbocycles. The van der Waals surface area contributed by atoms with Gasteiger partial charge in [-0.2, -0.15) is 0 Å². The summed E-state index contributed by atoms with van der Waals surface area (Å²) in [7, 11) is -2.20. The second kappa shape index (κ2) is 6.92. The Morgan fingerprint density at radius 2 is 2.04 bits per heavy atom. The third-order valence-electron chi connectivity index (χ3n) is 3.26. The van der Waals surface area contributed by atoms with Crippen LogP contribution >= 0.6 is 23.2 Å². The molecule has 0 radical (unpaired) electrons. The Balaban J connectivity index is 2.09. The zero-order chi connectivity index (χ0) is 17.2. The average Bonchev–Trinajstić information content (AvgIpc) is 2.86. The molecule has 0 atom stereocenters. The van der Waals surface area contributed by atoms with E-state index in [1.165, 1.54) is 16.8 Å². The molecular weight excluding hydrogens is 361 g/mol. The summed E-state index contributed by atoms with van der Waals surface area (Å²) in [6.07, 6.45) is 1.71. The van der Waals surface area contributed by atoms with Crippen molar-refractivity contribution in [3.05, 3.63) is 51.8 Å². The number of nitrogens with one attached hydrogen (secondary N) is 1. The van der Waals surface area contributed by atoms with E-state index in [0.29, 0.717) is 16.5 Å². The van der Waals surface area contributed by atoms with E-state index in [1.807, 2.05) is 0 Å². The Kier molecular flexibility index (Phi) is 5.36. The molecule has 124 valence electrons. The fourth-order valence-corrected chi connectivity index (χ4v) is 3.59. The number of nitrogens with zero attached hydrogens (tertiary/aromatic N) is 1. The molecule has 6 nitrogen and oxygen atoms in total. The van der Waals surface area contributed by atoms with E-state index in [9.17, 15) is 13.2 Å². The highest BCUT2D eigenvalue weighted by Gasteiger charge is 2.19. The van der Waals surface area contributed by atoms with E-state index >= 15 is 0 Å². The molecule has 0 fully saturated rings. The van der Waals surface area contributed by atoms with Gasteiger partial charge >= 0.3 is 0 Å². The summed E-state index contributed by atoms with van der Waals surface area (Å²) < 4.78 is 28.3. The minimum atomic E-state index is -3.74. The zero-order valence-electron chi connectivity index (χ0n) is 12.2. The number of halogens is 2. The lowest BCUT2D eigenvalue weighted by molar-refractivity contribution is 0.0992. The van der Waals surface area contributed by atoms with Gasteiger partial charge in [0.25, 0.3) is 5.91 Å². The lowest BCUT2D eigenvalue weighted by atomic mass is 10.1. The Labute approximate surface area is 144 Å². The molecule has 2 aromatic rings. The van der Waals surface area contributed by atoms with Crippen molar-refractivity contribution in [2.75, 3.05) is 6.54 Å². The van der Waals surface area contributed by atoms with Crippen LogP contribution in [0.3, 0.4) is 0 Å². The van der Waals surface area contributed by atoms with Crippen LogP contribution in [0.4, 0.5) is 0 Å². The third-order valence-corrected chi connectivity index (χ3v) is 5.55. The molecule has 3 N–H and O–H groups in total. The molecule has 1 heterocycles. The van der Waals surface area contributed by atoms with Crippen molar-refractivity contribution >= 4 is 39.1 Å². The van der Waals surface area contributed by atoms with Crippen LogP contribution in [0.2, 0.25) is 10.0 Å². The van der Waals surface area contributed by atoms with Crippen LogP contribution in [0.1, 0.15) is 16.1 Å². The molecule has 23 heavy (non-hydrogen) atoms. The lowest BCUT2D eigenvalue weighted by Crippen LogP contribution is -2.25. The van der Waals surface area contributed by atoms with E-state index in [2.05, 4.69) is 4.72 Å². The maximum absolute atomic E-state index is 12.2. The first-order valence-electron chi connectivity index (χ1n) is 6.61. The highest BCUT2D eigenvalue weighted by Crippen LogP contribution is 2.25. The number of hydrogen-bond donors (Lipinski definition) is 2. The first-order chi connectivity index (χ1) is 10.7. The van der Waals surface area contributed by atoms with Crippen molar-refractivity contribution in [1.29, 1.82) is 0 Å². The van der Waals surface area contributed by atoms with E-state index in [0.717, 1.165) is 5.56 Å². The number of sulfonamides is 1. The Morgan fingerprint density at radius 1 is 1.35 bits per heavy atom. The largest absolute Gasteiger partial charge is 0.364 e. The SMILES string of the molecule is Cn1cc(S(=O)(=O)NCCc2cccc(Cl)c2Cl)cc1C(N)=O. The number of hydrogen-bond acceptors (Lipinski definition) is 3. The van der Waals surface area contributed by atoms with Crippen molar-refractivity contribution < 1.29 is 13.2 Å². The van der Waals surface area contributed by atoms with Gasteiger partial charge < -0.3 is 10.3 Å². The van der Waals surface area contributed by atoms with Crippen LogP contribution in [-0.2, 0) is 23.5 Å². The second-order valence-electron chi connectivity index (χ2n) is 4.90. The molecule has 0 aliphatic carbocycles. The van der Waals surface area contributed by atoms with Crippen molar-refractivity contribution in [2.24, 2.45) is 12.8 Å². The smallest absolute Gasteiger partial charge is 0.265 e. The van der Waals surface area contributed by atoms with Crippen molar-refractivity contribution in [3.8, 4) is 0 Å². The number of aryl methyl sites for hydroxylation is 1. The number of amides is 1. The van der Waals surface area contributed by atoms with Gasteiger partial charge in [0.2, 0.25) is 10.0 Å². The summed E-state index contributed by atoms with van der Waals surface area (Å²) >= 11 is 12.0. The molecule has 0 aliphatic heterocycles. The zero-order valence-corrected chi connectivity index (χ0v) is 14.5. The molecule has 1 aromatic carbocycles. The number of carbonyl (C=O) groups excluding carboxylic acids is 1. The summed E-state index contributed by atoms with van der Waals surface area (Å²) in [4.78, 5) is 11.2. The van der Waals surface area contributed by atoms with E-state index in [1.54, 1.807) is 25.2 Å². The summed E-state index contributed by atoms with van der Waals surface area (Å²) in [5.74, 6) is -0.695. The summed E-state index contributed by atoms with van der Waals surface area (Å²) in [6.45, 7) is 0.142. The van der Waals surface area contributed by atoms with Gasteiger partial charge in [0.1, 0.15) is 10.6 Å². The second-order valence-corrected chi connectivity index (χ2v) is 7.45. The van der Waals surface area contributed by atoms with Crippen LogP contribution < -0.4 is 10.5 Å². The van der Waals surface area contributed by atoms with E-state index in [-0.39, 0.29) is 17.1 Å². The minimum Gasteiger partial charge on any atom is -0.364 e. The van der Waals surface area contributed by atoms with E-state index in [4.69, 9.17) is 28.9 Å². The van der Waals surface area contributed by atoms with Crippen LogP contribution in [0.15, 0.2) is 35.4 Å². The summed E-state index contributed by atoms with van der Waals surface area (Å²) in [6, 6.07) is 6.41. The molecule has 0 unspecified atom stereocenters. The number of primary amides is 1. The molecular formula is C14H15Cl2N3O3S. The van der Waals surface area contributed by atoms with Gasteiger partial charge in [0, 0.05) is 19.8 Å². The number of aromatic nitrogens is 1. The van der Waals surface area contributed by atoms with Crippen molar-refractivity contribution in [2.45, 2.75) is 11.3 Å². The van der Waals surface area contributed by atoms with Gasteiger partial charge in [-0.3, -0.25) is 4.79 Å². The first-order valence-corrected chi connectivity index (χ1v) is 8.85. The molecule has 1 aromatic heterocycles. The highest BCUT2D eigenvalue weighted by molar-refractivity contribution is 7.89. The number of carbonyl (C=O) groups is 1. The van der Waals surface area contributed by atoms with Crippen LogP contribution in [0, 0.1) is 0 Å². The predicted octanol–water partition coefficient (Wildman–Crippen LogP) is 1.95. The Bertz CT molecular complexity index is 847. The van der Waals surface area contributed by atoms with Crippen LogP contribution in [0.25, 0.3) is 0 Å². The lowest BCUT2D eigenvalue weighted by Gasteiger charge is -2.07. The van der Waals surface area contributed by atoms with E-state index < -0.39 is 15.9 Å². The molecule has 0 spiro atoms. The normalized spacial score (nSPS) is 11.6. The standard InChI is InChI=1S/C14H15Cl2N3O3S/c1-19-8-10(7-12(19)14(17)20)23(21,22)18-6-5-9-3-2-4-11(15)13(9)16/h2-4,7-8,18H,5-6H2,1H3,(H2,17,20). The van der Waals surface area contributed by atoms with Gasteiger partial charge in [0.15, 0.2) is 0 Å². The topological polar surface area (TPSA) is 94.2 Å². The molecule has 0 aliphatic rings. The number of nitrogens with two attached hydrogens (primary N) is 1. The van der Waals surface area contributed by atoms with Gasteiger partial charge in [-0.1, -0.05) is 35.3 Å². The van der Waals surface area contributed by atoms with Crippen molar-refractivity contribution in [1.82, 2.24) is 9.29 Å². The maximum atomic E-state index is 12.2. The average molecular weight is 376 g/mol. The highest BCUT2D eigenvalue weighted by atomic mass is 35.5. The maximum Gasteiger partial charge on any atom is 0.265 e. The first kappa shape index (κ1) is 17.8. The fraction of sp³-hybridized carbons (Fsp3) is 0.214. The third kappa shape index (κ3) is 4.06. The van der Waals surface area contributed by atoms with Gasteiger partial charge in [0.05, 0.1) is 10.0 Å². The van der Waals surface area contributed by atoms with Crippen molar-refractivity contribution in [3.63, 3.8) is 0 Å². The summed E-state index contributed by atoms with van der Waals surface area (Å²) in [5.41, 5.74) is 6.03. The van der Waals surface area contributed by atoms with Gasteiger partial charge in [-0.15, -0.1) is 0 Å². The molecule has 0 saturated heterocycles. The van der Waals surface area contributed by atoms with Gasteiger partial charge in [-0.05, 0) is 24.1 Å².